The first kappa shape index (κ1) is 13.9. The highest BCUT2D eigenvalue weighted by Crippen LogP contribution is 2.36. The number of aliphatic hydroxyl groups excluding tert-OH is 1. The van der Waals surface area contributed by atoms with Crippen LogP contribution in [0.5, 0.6) is 11.5 Å². The van der Waals surface area contributed by atoms with Gasteiger partial charge in [-0.05, 0) is 53.9 Å². The molecule has 0 saturated carbocycles. The average Bonchev–Trinajstić information content (AvgIpc) is 2.78. The summed E-state index contributed by atoms with van der Waals surface area (Å²) >= 11 is 0. The maximum Gasteiger partial charge on any atom is 0.133 e. The van der Waals surface area contributed by atoms with E-state index < -0.39 is 6.10 Å². The summed E-state index contributed by atoms with van der Waals surface area (Å²) in [5.74, 6) is 1.02. The largest absolute Gasteiger partial charge is 0.497 e. The fourth-order valence-electron chi connectivity index (χ4n) is 2.70. The van der Waals surface area contributed by atoms with Crippen LogP contribution in [-0.2, 0) is 6.42 Å². The summed E-state index contributed by atoms with van der Waals surface area (Å²) < 4.78 is 24.2. The van der Waals surface area contributed by atoms with Crippen LogP contribution in [-0.4, -0.2) is 18.3 Å². The molecule has 1 N–H and O–H groups in total. The van der Waals surface area contributed by atoms with E-state index in [4.69, 9.17) is 9.47 Å². The van der Waals surface area contributed by atoms with Crippen LogP contribution in [0.2, 0.25) is 0 Å². The number of ether oxygens (including phenoxy) is 2. The van der Waals surface area contributed by atoms with Crippen LogP contribution < -0.4 is 9.47 Å². The highest BCUT2D eigenvalue weighted by Gasteiger charge is 2.33. The Kier molecular flexibility index (Phi) is 3.55. The van der Waals surface area contributed by atoms with Crippen molar-refractivity contribution in [1.29, 1.82) is 0 Å². The van der Waals surface area contributed by atoms with Gasteiger partial charge in [0.05, 0.1) is 7.11 Å². The number of fused-ring (bicyclic) bond motifs is 1. The van der Waals surface area contributed by atoms with Crippen molar-refractivity contribution in [2.45, 2.75) is 25.6 Å². The van der Waals surface area contributed by atoms with E-state index >= 15 is 0 Å². The third-order valence-corrected chi connectivity index (χ3v) is 3.86. The molecule has 0 saturated heterocycles. The molecule has 4 heteroatoms. The van der Waals surface area contributed by atoms with E-state index in [0.29, 0.717) is 17.9 Å². The lowest BCUT2D eigenvalue weighted by Gasteiger charge is -2.19. The molecule has 0 radical (unpaired) electrons. The Morgan fingerprint density at radius 1 is 1.19 bits per heavy atom. The minimum Gasteiger partial charge on any atom is -0.497 e. The Balaban J connectivity index is 1.82. The van der Waals surface area contributed by atoms with Gasteiger partial charge in [-0.15, -0.1) is 0 Å². The molecule has 2 unspecified atom stereocenters. The van der Waals surface area contributed by atoms with Gasteiger partial charge in [0, 0.05) is 6.42 Å². The molecule has 1 aliphatic rings. The predicted molar refractivity (Wildman–Crippen MR) is 77.2 cm³/mol. The minimum atomic E-state index is -0.709. The summed E-state index contributed by atoms with van der Waals surface area (Å²) in [6.45, 7) is 1.79. The van der Waals surface area contributed by atoms with Crippen molar-refractivity contribution in [2.24, 2.45) is 0 Å². The van der Waals surface area contributed by atoms with Crippen molar-refractivity contribution in [3.8, 4) is 11.5 Å². The fraction of sp³-hybridized carbons (Fsp3) is 0.294. The van der Waals surface area contributed by atoms with E-state index in [0.717, 1.165) is 16.7 Å². The molecule has 0 amide bonds. The zero-order valence-electron chi connectivity index (χ0n) is 12.0. The first-order valence-electron chi connectivity index (χ1n) is 6.86. The Labute approximate surface area is 122 Å². The molecule has 2 aromatic carbocycles. The van der Waals surface area contributed by atoms with Crippen molar-refractivity contribution in [2.75, 3.05) is 7.11 Å². The molecule has 2 aromatic rings. The Hall–Kier alpha value is -2.07. The van der Waals surface area contributed by atoms with Gasteiger partial charge in [-0.2, -0.15) is 0 Å². The summed E-state index contributed by atoms with van der Waals surface area (Å²) in [6, 6.07) is 10.0. The molecule has 110 valence electrons. The van der Waals surface area contributed by atoms with Crippen molar-refractivity contribution < 1.29 is 19.0 Å². The summed E-state index contributed by atoms with van der Waals surface area (Å²) in [5, 5.41) is 10.4. The molecule has 21 heavy (non-hydrogen) atoms. The van der Waals surface area contributed by atoms with Crippen molar-refractivity contribution in [1.82, 2.24) is 0 Å². The SMILES string of the molecule is COc1ccc2c(c1)C(O)C(Oc1ccc(F)cc1C)C2. The smallest absolute Gasteiger partial charge is 0.133 e. The van der Waals surface area contributed by atoms with Crippen LogP contribution in [0.15, 0.2) is 36.4 Å². The maximum absolute atomic E-state index is 13.1. The molecular formula is C17H17FO3. The second-order valence-electron chi connectivity index (χ2n) is 5.28. The van der Waals surface area contributed by atoms with Crippen LogP contribution in [0.1, 0.15) is 22.8 Å². The number of benzene rings is 2. The summed E-state index contributed by atoms with van der Waals surface area (Å²) in [7, 11) is 1.60. The summed E-state index contributed by atoms with van der Waals surface area (Å²) in [4.78, 5) is 0. The first-order chi connectivity index (χ1) is 10.1. The van der Waals surface area contributed by atoms with Gasteiger partial charge in [-0.3, -0.25) is 0 Å². The monoisotopic (exact) mass is 288 g/mol. The summed E-state index contributed by atoms with van der Waals surface area (Å²) in [5.41, 5.74) is 2.60. The topological polar surface area (TPSA) is 38.7 Å². The number of halogens is 1. The van der Waals surface area contributed by atoms with Crippen molar-refractivity contribution >= 4 is 0 Å². The van der Waals surface area contributed by atoms with E-state index in [1.165, 1.54) is 12.1 Å². The molecule has 0 aromatic heterocycles. The van der Waals surface area contributed by atoms with Crippen molar-refractivity contribution in [3.05, 3.63) is 58.9 Å². The van der Waals surface area contributed by atoms with E-state index in [9.17, 15) is 9.50 Å². The third kappa shape index (κ3) is 2.59. The van der Waals surface area contributed by atoms with Gasteiger partial charge < -0.3 is 14.6 Å². The van der Waals surface area contributed by atoms with E-state index in [2.05, 4.69) is 0 Å². The lowest BCUT2D eigenvalue weighted by Crippen LogP contribution is -2.22. The Morgan fingerprint density at radius 3 is 2.71 bits per heavy atom. The number of aliphatic hydroxyl groups is 1. The highest BCUT2D eigenvalue weighted by atomic mass is 19.1. The zero-order valence-corrected chi connectivity index (χ0v) is 12.0. The van der Waals surface area contributed by atoms with Gasteiger partial charge in [-0.1, -0.05) is 6.07 Å². The van der Waals surface area contributed by atoms with Gasteiger partial charge in [-0.25, -0.2) is 4.39 Å². The van der Waals surface area contributed by atoms with Crippen LogP contribution in [0.25, 0.3) is 0 Å². The van der Waals surface area contributed by atoms with Crippen LogP contribution in [0.4, 0.5) is 4.39 Å². The van der Waals surface area contributed by atoms with E-state index in [-0.39, 0.29) is 11.9 Å². The molecule has 0 heterocycles. The van der Waals surface area contributed by atoms with Crippen molar-refractivity contribution in [3.63, 3.8) is 0 Å². The number of aryl methyl sites for hydroxylation is 1. The number of rotatable bonds is 3. The summed E-state index contributed by atoms with van der Waals surface area (Å²) in [6.07, 6.45) is -0.451. The molecule has 2 atom stereocenters. The number of hydrogen-bond donors (Lipinski definition) is 1. The average molecular weight is 288 g/mol. The number of hydrogen-bond acceptors (Lipinski definition) is 3. The molecule has 0 fully saturated rings. The normalized spacial score (nSPS) is 20.2. The molecule has 0 spiro atoms. The number of methoxy groups -OCH3 is 1. The lowest BCUT2D eigenvalue weighted by atomic mass is 10.1. The van der Waals surface area contributed by atoms with Gasteiger partial charge in [0.1, 0.15) is 29.5 Å². The standard InChI is InChI=1S/C17H17FO3/c1-10-7-12(18)4-6-15(10)21-16-8-11-3-5-13(20-2)9-14(11)17(16)19/h3-7,9,16-17,19H,8H2,1-2H3. The Morgan fingerprint density at radius 2 is 2.00 bits per heavy atom. The van der Waals surface area contributed by atoms with Crippen LogP contribution >= 0.6 is 0 Å². The first-order valence-corrected chi connectivity index (χ1v) is 6.86. The van der Waals surface area contributed by atoms with Gasteiger partial charge >= 0.3 is 0 Å². The molecule has 0 bridgehead atoms. The Bertz CT molecular complexity index is 669. The highest BCUT2D eigenvalue weighted by molar-refractivity contribution is 5.42. The van der Waals surface area contributed by atoms with E-state index in [1.807, 2.05) is 18.2 Å². The van der Waals surface area contributed by atoms with Gasteiger partial charge in [0.2, 0.25) is 0 Å². The minimum absolute atomic E-state index is 0.292. The second kappa shape index (κ2) is 5.37. The molecule has 1 aliphatic carbocycles. The molecule has 3 rings (SSSR count). The molecule has 0 aliphatic heterocycles. The zero-order chi connectivity index (χ0) is 15.0. The maximum atomic E-state index is 13.1. The third-order valence-electron chi connectivity index (χ3n) is 3.86. The van der Waals surface area contributed by atoms with Gasteiger partial charge in [0.25, 0.3) is 0 Å². The fourth-order valence-corrected chi connectivity index (χ4v) is 2.70. The van der Waals surface area contributed by atoms with Gasteiger partial charge in [0.15, 0.2) is 0 Å². The van der Waals surface area contributed by atoms with E-state index in [1.54, 1.807) is 20.1 Å². The predicted octanol–water partition coefficient (Wildman–Crippen LogP) is 3.18. The second-order valence-corrected chi connectivity index (χ2v) is 5.28. The lowest BCUT2D eigenvalue weighted by molar-refractivity contribution is 0.0488. The molecular weight excluding hydrogens is 271 g/mol. The molecule has 3 nitrogen and oxygen atoms in total. The quantitative estimate of drug-likeness (QED) is 0.942. The van der Waals surface area contributed by atoms with Crippen LogP contribution in [0.3, 0.4) is 0 Å². The van der Waals surface area contributed by atoms with Crippen LogP contribution in [0, 0.1) is 12.7 Å².